The molecule has 18 heavy (non-hydrogen) atoms. The minimum atomic E-state index is -0.835. The Hall–Kier alpha value is -1.10. The summed E-state index contributed by atoms with van der Waals surface area (Å²) >= 11 is 0. The first-order valence-electron chi connectivity index (χ1n) is 6.86. The van der Waals surface area contributed by atoms with Crippen LogP contribution in [0.4, 0.5) is 0 Å². The standard InChI is InChI=1S/C13H22N2O3/c14-8-4-6-9(7-5-8)15-12(16)10-2-1-3-11(10)13(17)18/h8-11H,1-7,14H2,(H,15,16)(H,17,18)/t8?,9?,10-,11+/m1/s1. The lowest BCUT2D eigenvalue weighted by molar-refractivity contribution is -0.146. The third-order valence-corrected chi connectivity index (χ3v) is 4.29. The number of carbonyl (C=O) groups is 2. The van der Waals surface area contributed by atoms with Crippen LogP contribution in [0.2, 0.25) is 0 Å². The maximum absolute atomic E-state index is 12.1. The normalized spacial score (nSPS) is 36.3. The maximum Gasteiger partial charge on any atom is 0.307 e. The van der Waals surface area contributed by atoms with Crippen molar-refractivity contribution < 1.29 is 14.7 Å². The van der Waals surface area contributed by atoms with Gasteiger partial charge in [-0.3, -0.25) is 9.59 Å². The number of hydrogen-bond acceptors (Lipinski definition) is 3. The Morgan fingerprint density at radius 3 is 2.22 bits per heavy atom. The summed E-state index contributed by atoms with van der Waals surface area (Å²) in [7, 11) is 0. The summed E-state index contributed by atoms with van der Waals surface area (Å²) in [5.41, 5.74) is 5.82. The van der Waals surface area contributed by atoms with Gasteiger partial charge >= 0.3 is 5.97 Å². The first-order valence-corrected chi connectivity index (χ1v) is 6.86. The van der Waals surface area contributed by atoms with Gasteiger partial charge in [-0.25, -0.2) is 0 Å². The molecule has 5 heteroatoms. The average molecular weight is 254 g/mol. The van der Waals surface area contributed by atoms with E-state index >= 15 is 0 Å². The molecule has 0 bridgehead atoms. The molecular weight excluding hydrogens is 232 g/mol. The molecule has 2 rings (SSSR count). The lowest BCUT2D eigenvalue weighted by Gasteiger charge is -2.28. The van der Waals surface area contributed by atoms with Crippen LogP contribution in [0.1, 0.15) is 44.9 Å². The molecule has 0 unspecified atom stereocenters. The molecule has 0 aromatic carbocycles. The van der Waals surface area contributed by atoms with Crippen molar-refractivity contribution in [1.29, 1.82) is 0 Å². The van der Waals surface area contributed by atoms with E-state index in [1.54, 1.807) is 0 Å². The number of amides is 1. The molecule has 0 heterocycles. The van der Waals surface area contributed by atoms with Crippen molar-refractivity contribution in [2.24, 2.45) is 17.6 Å². The molecule has 2 aliphatic rings. The Labute approximate surface area is 107 Å². The molecule has 2 fully saturated rings. The summed E-state index contributed by atoms with van der Waals surface area (Å²) in [5.74, 6) is -1.73. The predicted octanol–water partition coefficient (Wildman–Crippen LogP) is 0.873. The van der Waals surface area contributed by atoms with Gasteiger partial charge in [-0.1, -0.05) is 6.42 Å². The number of hydrogen-bond donors (Lipinski definition) is 3. The SMILES string of the molecule is NC1CCC(NC(=O)[C@@H]2CCC[C@@H]2C(=O)O)CC1. The van der Waals surface area contributed by atoms with Gasteiger partial charge in [-0.2, -0.15) is 0 Å². The fourth-order valence-corrected chi connectivity index (χ4v) is 3.14. The van der Waals surface area contributed by atoms with Gasteiger partial charge in [0.25, 0.3) is 0 Å². The average Bonchev–Trinajstić information content (AvgIpc) is 2.81. The number of aliphatic carboxylic acids is 1. The van der Waals surface area contributed by atoms with Crippen LogP contribution in [0, 0.1) is 11.8 Å². The molecule has 4 N–H and O–H groups in total. The molecule has 0 spiro atoms. The zero-order valence-corrected chi connectivity index (χ0v) is 10.6. The zero-order valence-electron chi connectivity index (χ0n) is 10.6. The fraction of sp³-hybridized carbons (Fsp3) is 0.846. The van der Waals surface area contributed by atoms with Gasteiger partial charge in [0.15, 0.2) is 0 Å². The highest BCUT2D eigenvalue weighted by atomic mass is 16.4. The monoisotopic (exact) mass is 254 g/mol. The Balaban J connectivity index is 1.86. The van der Waals surface area contributed by atoms with Gasteiger partial charge in [-0.05, 0) is 38.5 Å². The van der Waals surface area contributed by atoms with Crippen molar-refractivity contribution in [2.45, 2.75) is 57.0 Å². The fourth-order valence-electron chi connectivity index (χ4n) is 3.14. The molecule has 2 aliphatic carbocycles. The zero-order chi connectivity index (χ0) is 13.1. The van der Waals surface area contributed by atoms with E-state index < -0.39 is 11.9 Å². The smallest absolute Gasteiger partial charge is 0.307 e. The lowest BCUT2D eigenvalue weighted by atomic mass is 9.90. The van der Waals surface area contributed by atoms with E-state index in [4.69, 9.17) is 10.8 Å². The predicted molar refractivity (Wildman–Crippen MR) is 66.8 cm³/mol. The molecule has 1 amide bonds. The largest absolute Gasteiger partial charge is 0.481 e. The molecule has 0 aliphatic heterocycles. The summed E-state index contributed by atoms with van der Waals surface area (Å²) in [4.78, 5) is 23.2. The second-order valence-electron chi connectivity index (χ2n) is 5.60. The number of carboxylic acids is 1. The highest BCUT2D eigenvalue weighted by Gasteiger charge is 2.38. The summed E-state index contributed by atoms with van der Waals surface area (Å²) in [6.45, 7) is 0. The summed E-state index contributed by atoms with van der Waals surface area (Å²) in [5, 5.41) is 12.1. The van der Waals surface area contributed by atoms with Crippen molar-refractivity contribution in [2.75, 3.05) is 0 Å². The van der Waals surface area contributed by atoms with Gasteiger partial charge in [0, 0.05) is 12.1 Å². The first-order chi connectivity index (χ1) is 8.58. The minimum Gasteiger partial charge on any atom is -0.481 e. The Morgan fingerprint density at radius 1 is 1.00 bits per heavy atom. The Morgan fingerprint density at radius 2 is 1.61 bits per heavy atom. The quantitative estimate of drug-likeness (QED) is 0.697. The van der Waals surface area contributed by atoms with Gasteiger partial charge in [0.1, 0.15) is 0 Å². The van der Waals surface area contributed by atoms with Crippen LogP contribution in [0.5, 0.6) is 0 Å². The molecule has 102 valence electrons. The molecule has 5 nitrogen and oxygen atoms in total. The van der Waals surface area contributed by atoms with Crippen molar-refractivity contribution >= 4 is 11.9 Å². The number of nitrogens with one attached hydrogen (secondary N) is 1. The summed E-state index contributed by atoms with van der Waals surface area (Å²) in [6, 6.07) is 0.448. The molecule has 0 saturated heterocycles. The third kappa shape index (κ3) is 3.02. The van der Waals surface area contributed by atoms with E-state index in [9.17, 15) is 9.59 Å². The van der Waals surface area contributed by atoms with E-state index in [-0.39, 0.29) is 23.9 Å². The topological polar surface area (TPSA) is 92.4 Å². The molecule has 0 aromatic rings. The van der Waals surface area contributed by atoms with Crippen molar-refractivity contribution in [3.63, 3.8) is 0 Å². The second kappa shape index (κ2) is 5.69. The molecule has 0 aromatic heterocycles. The van der Waals surface area contributed by atoms with E-state index in [0.717, 1.165) is 32.1 Å². The van der Waals surface area contributed by atoms with Crippen molar-refractivity contribution in [3.05, 3.63) is 0 Å². The van der Waals surface area contributed by atoms with Crippen LogP contribution in [0.3, 0.4) is 0 Å². The molecule has 2 saturated carbocycles. The van der Waals surface area contributed by atoms with Crippen LogP contribution < -0.4 is 11.1 Å². The molecular formula is C13H22N2O3. The minimum absolute atomic E-state index is 0.0691. The number of carboxylic acid groups (broad SMARTS) is 1. The maximum atomic E-state index is 12.1. The van der Waals surface area contributed by atoms with Crippen molar-refractivity contribution in [3.8, 4) is 0 Å². The van der Waals surface area contributed by atoms with Gasteiger partial charge in [0.2, 0.25) is 5.91 Å². The van der Waals surface area contributed by atoms with Gasteiger partial charge < -0.3 is 16.2 Å². The second-order valence-corrected chi connectivity index (χ2v) is 5.60. The number of rotatable bonds is 3. The highest BCUT2D eigenvalue weighted by molar-refractivity contribution is 5.85. The van der Waals surface area contributed by atoms with Crippen molar-refractivity contribution in [1.82, 2.24) is 5.32 Å². The van der Waals surface area contributed by atoms with E-state index in [2.05, 4.69) is 5.32 Å². The van der Waals surface area contributed by atoms with Gasteiger partial charge in [-0.15, -0.1) is 0 Å². The summed E-state index contributed by atoms with van der Waals surface area (Å²) in [6.07, 6.45) is 5.88. The van der Waals surface area contributed by atoms with E-state index in [1.165, 1.54) is 0 Å². The number of nitrogens with two attached hydrogens (primary N) is 1. The van der Waals surface area contributed by atoms with Crippen LogP contribution in [-0.4, -0.2) is 29.1 Å². The van der Waals surface area contributed by atoms with Gasteiger partial charge in [0.05, 0.1) is 11.8 Å². The van der Waals surface area contributed by atoms with E-state index in [0.29, 0.717) is 12.8 Å². The van der Waals surface area contributed by atoms with E-state index in [1.807, 2.05) is 0 Å². The molecule has 0 radical (unpaired) electrons. The van der Waals surface area contributed by atoms with Crippen LogP contribution >= 0.6 is 0 Å². The van der Waals surface area contributed by atoms with Crippen LogP contribution in [0.25, 0.3) is 0 Å². The lowest BCUT2D eigenvalue weighted by Crippen LogP contribution is -2.44. The Kier molecular flexibility index (Phi) is 4.22. The number of carbonyl (C=O) groups excluding carboxylic acids is 1. The highest BCUT2D eigenvalue weighted by Crippen LogP contribution is 2.32. The molecule has 2 atom stereocenters. The first kappa shape index (κ1) is 13.3. The van der Waals surface area contributed by atoms with Crippen LogP contribution in [0.15, 0.2) is 0 Å². The third-order valence-electron chi connectivity index (χ3n) is 4.29. The Bertz CT molecular complexity index is 324. The van der Waals surface area contributed by atoms with Crippen LogP contribution in [-0.2, 0) is 9.59 Å². The summed E-state index contributed by atoms with van der Waals surface area (Å²) < 4.78 is 0.